The largest absolute Gasteiger partial charge is 0.476 e. The molecule has 1 aromatic heterocycles. The molecule has 17 heavy (non-hydrogen) atoms. The van der Waals surface area contributed by atoms with Gasteiger partial charge in [0.15, 0.2) is 10.8 Å². The number of thiazole rings is 1. The summed E-state index contributed by atoms with van der Waals surface area (Å²) in [5, 5.41) is 10.6. The molecule has 0 fully saturated rings. The molecule has 0 radical (unpaired) electrons. The fourth-order valence-corrected chi connectivity index (χ4v) is 2.12. The summed E-state index contributed by atoms with van der Waals surface area (Å²) >= 11 is 1.16. The zero-order chi connectivity index (χ0) is 12.4. The van der Waals surface area contributed by atoms with E-state index < -0.39 is 5.97 Å². The molecular weight excluding hydrogens is 243 g/mol. The number of hydrogen-bond acceptors (Lipinski definition) is 4. The van der Waals surface area contributed by atoms with E-state index in [1.54, 1.807) is 25.2 Å². The molecule has 6 heteroatoms. The number of halogens is 1. The van der Waals surface area contributed by atoms with Gasteiger partial charge in [0.25, 0.3) is 0 Å². The number of anilines is 2. The van der Waals surface area contributed by atoms with Crippen LogP contribution >= 0.6 is 11.3 Å². The molecule has 2 aromatic rings. The second kappa shape index (κ2) is 4.50. The Hall–Kier alpha value is -1.95. The number of para-hydroxylation sites is 1. The zero-order valence-corrected chi connectivity index (χ0v) is 9.74. The van der Waals surface area contributed by atoms with Crippen molar-refractivity contribution in [2.75, 3.05) is 11.9 Å². The molecule has 0 saturated carbocycles. The molecular formula is C11H9FN2O2S. The molecule has 0 unspecified atom stereocenters. The van der Waals surface area contributed by atoms with E-state index in [9.17, 15) is 9.18 Å². The van der Waals surface area contributed by atoms with Crippen LogP contribution in [-0.2, 0) is 0 Å². The summed E-state index contributed by atoms with van der Waals surface area (Å²) in [7, 11) is 1.64. The smallest absolute Gasteiger partial charge is 0.355 e. The van der Waals surface area contributed by atoms with Gasteiger partial charge in [-0.2, -0.15) is 0 Å². The second-order valence-electron chi connectivity index (χ2n) is 3.33. The van der Waals surface area contributed by atoms with Crippen LogP contribution in [-0.4, -0.2) is 23.1 Å². The fourth-order valence-electron chi connectivity index (χ4n) is 1.34. The van der Waals surface area contributed by atoms with Crippen LogP contribution in [0, 0.1) is 5.82 Å². The van der Waals surface area contributed by atoms with Crippen molar-refractivity contribution >= 4 is 28.1 Å². The topological polar surface area (TPSA) is 53.4 Å². The van der Waals surface area contributed by atoms with Gasteiger partial charge in [0, 0.05) is 12.4 Å². The van der Waals surface area contributed by atoms with Crippen LogP contribution in [0.1, 0.15) is 10.5 Å². The molecule has 0 amide bonds. The maximum atomic E-state index is 13.5. The molecule has 0 aliphatic heterocycles. The molecule has 1 N–H and O–H groups in total. The Kier molecular flexibility index (Phi) is 3.06. The van der Waals surface area contributed by atoms with Crippen LogP contribution < -0.4 is 4.90 Å². The van der Waals surface area contributed by atoms with Gasteiger partial charge in [0.1, 0.15) is 5.82 Å². The maximum absolute atomic E-state index is 13.5. The average molecular weight is 252 g/mol. The van der Waals surface area contributed by atoms with Gasteiger partial charge in [-0.3, -0.25) is 0 Å². The van der Waals surface area contributed by atoms with Crippen molar-refractivity contribution in [3.63, 3.8) is 0 Å². The third-order valence-corrected chi connectivity index (χ3v) is 3.13. The minimum atomic E-state index is -1.09. The van der Waals surface area contributed by atoms with E-state index in [2.05, 4.69) is 4.98 Å². The van der Waals surface area contributed by atoms with Gasteiger partial charge in [0.05, 0.1) is 5.69 Å². The van der Waals surface area contributed by atoms with Crippen molar-refractivity contribution in [2.45, 2.75) is 0 Å². The Balaban J connectivity index is 2.34. The lowest BCUT2D eigenvalue weighted by Crippen LogP contribution is -2.11. The van der Waals surface area contributed by atoms with Gasteiger partial charge in [-0.25, -0.2) is 14.2 Å². The first-order chi connectivity index (χ1) is 8.09. The van der Waals surface area contributed by atoms with Crippen LogP contribution in [0.2, 0.25) is 0 Å². The Morgan fingerprint density at radius 3 is 2.76 bits per heavy atom. The summed E-state index contributed by atoms with van der Waals surface area (Å²) in [5.74, 6) is -1.46. The van der Waals surface area contributed by atoms with E-state index in [4.69, 9.17) is 5.11 Å². The number of carboxylic acids is 1. The minimum Gasteiger partial charge on any atom is -0.476 e. The van der Waals surface area contributed by atoms with E-state index in [-0.39, 0.29) is 11.5 Å². The number of aromatic nitrogens is 1. The highest BCUT2D eigenvalue weighted by atomic mass is 32.1. The van der Waals surface area contributed by atoms with Gasteiger partial charge < -0.3 is 10.0 Å². The molecule has 0 atom stereocenters. The average Bonchev–Trinajstić information content (AvgIpc) is 2.78. The maximum Gasteiger partial charge on any atom is 0.355 e. The number of hydrogen-bond donors (Lipinski definition) is 1. The quantitative estimate of drug-likeness (QED) is 0.912. The van der Waals surface area contributed by atoms with Crippen molar-refractivity contribution in [1.29, 1.82) is 0 Å². The highest BCUT2D eigenvalue weighted by Crippen LogP contribution is 2.28. The van der Waals surface area contributed by atoms with E-state index in [1.165, 1.54) is 16.3 Å². The molecule has 0 aliphatic carbocycles. The predicted molar refractivity (Wildman–Crippen MR) is 63.5 cm³/mol. The number of nitrogens with zero attached hydrogens (tertiary/aromatic N) is 2. The lowest BCUT2D eigenvalue weighted by Gasteiger charge is -2.16. The first-order valence-corrected chi connectivity index (χ1v) is 5.64. The van der Waals surface area contributed by atoms with Crippen molar-refractivity contribution in [3.8, 4) is 0 Å². The first-order valence-electron chi connectivity index (χ1n) is 4.76. The van der Waals surface area contributed by atoms with Crippen LogP contribution in [0.15, 0.2) is 29.6 Å². The van der Waals surface area contributed by atoms with Crippen molar-refractivity contribution in [2.24, 2.45) is 0 Å². The molecule has 4 nitrogen and oxygen atoms in total. The van der Waals surface area contributed by atoms with Crippen LogP contribution in [0.5, 0.6) is 0 Å². The summed E-state index contributed by atoms with van der Waals surface area (Å²) in [6.07, 6.45) is 0. The zero-order valence-electron chi connectivity index (χ0n) is 8.92. The Morgan fingerprint density at radius 1 is 1.47 bits per heavy atom. The van der Waals surface area contributed by atoms with Crippen LogP contribution in [0.25, 0.3) is 0 Å². The summed E-state index contributed by atoms with van der Waals surface area (Å²) in [4.78, 5) is 16.1. The van der Waals surface area contributed by atoms with E-state index in [1.807, 2.05) is 0 Å². The highest BCUT2D eigenvalue weighted by Gasteiger charge is 2.14. The SMILES string of the molecule is CN(c1nc(C(=O)O)cs1)c1ccccc1F. The third kappa shape index (κ3) is 2.26. The Labute approximate surface area is 101 Å². The van der Waals surface area contributed by atoms with Crippen molar-refractivity contribution < 1.29 is 14.3 Å². The normalized spacial score (nSPS) is 10.2. The van der Waals surface area contributed by atoms with Crippen molar-refractivity contribution in [3.05, 3.63) is 41.2 Å². The summed E-state index contributed by atoms with van der Waals surface area (Å²) < 4.78 is 13.5. The van der Waals surface area contributed by atoms with Gasteiger partial charge in [-0.15, -0.1) is 11.3 Å². The lowest BCUT2D eigenvalue weighted by atomic mass is 10.3. The predicted octanol–water partition coefficient (Wildman–Crippen LogP) is 2.75. The summed E-state index contributed by atoms with van der Waals surface area (Å²) in [6.45, 7) is 0. The number of benzene rings is 1. The number of carbonyl (C=O) groups is 1. The highest BCUT2D eigenvalue weighted by molar-refractivity contribution is 7.14. The van der Waals surface area contributed by atoms with Gasteiger partial charge >= 0.3 is 5.97 Å². The molecule has 0 aliphatic rings. The van der Waals surface area contributed by atoms with Gasteiger partial charge in [-0.05, 0) is 12.1 Å². The van der Waals surface area contributed by atoms with Gasteiger partial charge in [-0.1, -0.05) is 12.1 Å². The second-order valence-corrected chi connectivity index (χ2v) is 4.17. The third-order valence-electron chi connectivity index (χ3n) is 2.21. The van der Waals surface area contributed by atoms with E-state index in [0.29, 0.717) is 10.8 Å². The fraction of sp³-hybridized carbons (Fsp3) is 0.0909. The Bertz CT molecular complexity index is 556. The molecule has 0 spiro atoms. The molecule has 0 saturated heterocycles. The summed E-state index contributed by atoms with van der Waals surface area (Å²) in [5.41, 5.74) is 0.326. The number of rotatable bonds is 3. The van der Waals surface area contributed by atoms with Crippen molar-refractivity contribution in [1.82, 2.24) is 4.98 Å². The molecule has 88 valence electrons. The van der Waals surface area contributed by atoms with E-state index in [0.717, 1.165) is 11.3 Å². The molecule has 0 bridgehead atoms. The molecule has 1 aromatic carbocycles. The van der Waals surface area contributed by atoms with Crippen LogP contribution in [0.3, 0.4) is 0 Å². The lowest BCUT2D eigenvalue weighted by molar-refractivity contribution is 0.0691. The Morgan fingerprint density at radius 2 is 2.18 bits per heavy atom. The van der Waals surface area contributed by atoms with E-state index >= 15 is 0 Å². The van der Waals surface area contributed by atoms with Gasteiger partial charge in [0.2, 0.25) is 0 Å². The first kappa shape index (κ1) is 11.5. The molecule has 1 heterocycles. The molecule has 2 rings (SSSR count). The minimum absolute atomic E-state index is 0.0341. The monoisotopic (exact) mass is 252 g/mol. The number of aromatic carboxylic acids is 1. The van der Waals surface area contributed by atoms with Crippen LogP contribution in [0.4, 0.5) is 15.2 Å². The standard InChI is InChI=1S/C11H9FN2O2S/c1-14(9-5-3-2-4-7(9)12)11-13-8(6-17-11)10(15)16/h2-6H,1H3,(H,15,16). The summed E-state index contributed by atoms with van der Waals surface area (Å²) in [6, 6.07) is 6.26. The number of carboxylic acid groups (broad SMARTS) is 1.